The SMILES string of the molecule is CC(C)n1ncc2c(C(=O)NCc3ccc(S(=O)(=O)N(C)C)s3)cc(-c3ccccc3)nc21. The largest absolute Gasteiger partial charge is 0.347 e. The second-order valence-electron chi connectivity index (χ2n) is 8.03. The Morgan fingerprint density at radius 1 is 1.15 bits per heavy atom. The van der Waals surface area contributed by atoms with Crippen LogP contribution in [0.3, 0.4) is 0 Å². The van der Waals surface area contributed by atoms with E-state index in [1.807, 2.05) is 44.2 Å². The molecule has 4 aromatic rings. The lowest BCUT2D eigenvalue weighted by Crippen LogP contribution is -2.23. The molecule has 33 heavy (non-hydrogen) atoms. The van der Waals surface area contributed by atoms with Crippen molar-refractivity contribution in [3.63, 3.8) is 0 Å². The van der Waals surface area contributed by atoms with Crippen LogP contribution in [0, 0.1) is 0 Å². The first-order valence-electron chi connectivity index (χ1n) is 10.4. The lowest BCUT2D eigenvalue weighted by Gasteiger charge is -2.11. The van der Waals surface area contributed by atoms with E-state index in [-0.39, 0.29) is 22.7 Å². The second kappa shape index (κ2) is 9.05. The molecule has 0 fully saturated rings. The number of carbonyl (C=O) groups excluding carboxylic acids is 1. The maximum atomic E-state index is 13.2. The molecular formula is C23H25N5O3S2. The van der Waals surface area contributed by atoms with Gasteiger partial charge in [-0.15, -0.1) is 11.3 Å². The number of carbonyl (C=O) groups is 1. The zero-order chi connectivity index (χ0) is 23.8. The fourth-order valence-corrected chi connectivity index (χ4v) is 5.84. The van der Waals surface area contributed by atoms with Gasteiger partial charge >= 0.3 is 0 Å². The third-order valence-corrected chi connectivity index (χ3v) is 8.53. The van der Waals surface area contributed by atoms with E-state index in [0.717, 1.165) is 21.8 Å². The average molecular weight is 484 g/mol. The Labute approximate surface area is 196 Å². The molecule has 10 heteroatoms. The van der Waals surface area contributed by atoms with Gasteiger partial charge in [-0.25, -0.2) is 22.4 Å². The van der Waals surface area contributed by atoms with Crippen LogP contribution in [0.25, 0.3) is 22.3 Å². The van der Waals surface area contributed by atoms with Crippen molar-refractivity contribution < 1.29 is 13.2 Å². The topological polar surface area (TPSA) is 97.2 Å². The van der Waals surface area contributed by atoms with Crippen LogP contribution in [0.4, 0.5) is 0 Å². The third-order valence-electron chi connectivity index (χ3n) is 5.17. The fourth-order valence-electron chi connectivity index (χ4n) is 3.38. The number of nitrogens with one attached hydrogen (secondary N) is 1. The van der Waals surface area contributed by atoms with E-state index >= 15 is 0 Å². The summed E-state index contributed by atoms with van der Waals surface area (Å²) in [4.78, 5) is 18.7. The lowest BCUT2D eigenvalue weighted by atomic mass is 10.1. The number of amides is 1. The van der Waals surface area contributed by atoms with E-state index in [1.54, 1.807) is 29.1 Å². The van der Waals surface area contributed by atoms with Gasteiger partial charge in [-0.1, -0.05) is 30.3 Å². The number of pyridine rings is 1. The average Bonchev–Trinajstić information content (AvgIpc) is 3.45. The predicted octanol–water partition coefficient (Wildman–Crippen LogP) is 3.92. The van der Waals surface area contributed by atoms with Gasteiger partial charge in [0.15, 0.2) is 5.65 Å². The van der Waals surface area contributed by atoms with Crippen molar-refractivity contribution in [2.24, 2.45) is 0 Å². The highest BCUT2D eigenvalue weighted by Crippen LogP contribution is 2.27. The minimum absolute atomic E-state index is 0.0834. The Bertz CT molecular complexity index is 1410. The van der Waals surface area contributed by atoms with Crippen LogP contribution in [-0.4, -0.2) is 47.5 Å². The van der Waals surface area contributed by atoms with E-state index in [4.69, 9.17) is 4.98 Å². The fraction of sp³-hybridized carbons (Fsp3) is 0.261. The molecule has 0 aliphatic carbocycles. The highest BCUT2D eigenvalue weighted by Gasteiger charge is 2.21. The Morgan fingerprint density at radius 2 is 1.88 bits per heavy atom. The number of thiophene rings is 1. The molecule has 0 atom stereocenters. The molecule has 4 rings (SSSR count). The maximum absolute atomic E-state index is 13.2. The molecule has 3 aromatic heterocycles. The summed E-state index contributed by atoms with van der Waals surface area (Å²) in [6.07, 6.45) is 1.67. The van der Waals surface area contributed by atoms with Crippen LogP contribution >= 0.6 is 11.3 Å². The van der Waals surface area contributed by atoms with Crippen molar-refractivity contribution in [2.75, 3.05) is 14.1 Å². The molecule has 1 aromatic carbocycles. The van der Waals surface area contributed by atoms with Crippen LogP contribution in [0.5, 0.6) is 0 Å². The van der Waals surface area contributed by atoms with Gasteiger partial charge in [-0.3, -0.25) is 4.79 Å². The van der Waals surface area contributed by atoms with Crippen LogP contribution in [-0.2, 0) is 16.6 Å². The van der Waals surface area contributed by atoms with Gasteiger partial charge in [0.25, 0.3) is 15.9 Å². The smallest absolute Gasteiger partial charge is 0.252 e. The summed E-state index contributed by atoms with van der Waals surface area (Å²) in [5.41, 5.74) is 2.71. The minimum Gasteiger partial charge on any atom is -0.347 e. The van der Waals surface area contributed by atoms with Crippen LogP contribution < -0.4 is 5.32 Å². The summed E-state index contributed by atoms with van der Waals surface area (Å²) in [6.45, 7) is 4.24. The lowest BCUT2D eigenvalue weighted by molar-refractivity contribution is 0.0953. The molecule has 0 unspecified atom stereocenters. The van der Waals surface area contributed by atoms with Crippen molar-refractivity contribution >= 4 is 38.3 Å². The molecule has 172 valence electrons. The van der Waals surface area contributed by atoms with Crippen LogP contribution in [0.15, 0.2) is 58.9 Å². The monoisotopic (exact) mass is 483 g/mol. The highest BCUT2D eigenvalue weighted by atomic mass is 32.2. The van der Waals surface area contributed by atoms with Crippen molar-refractivity contribution in [2.45, 2.75) is 30.6 Å². The number of fused-ring (bicyclic) bond motifs is 1. The van der Waals surface area contributed by atoms with E-state index in [0.29, 0.717) is 22.3 Å². The summed E-state index contributed by atoms with van der Waals surface area (Å²) in [5.74, 6) is -0.270. The highest BCUT2D eigenvalue weighted by molar-refractivity contribution is 7.91. The number of aromatic nitrogens is 3. The number of benzene rings is 1. The van der Waals surface area contributed by atoms with Crippen molar-refractivity contribution in [3.8, 4) is 11.3 Å². The minimum atomic E-state index is -3.50. The van der Waals surface area contributed by atoms with Gasteiger partial charge in [-0.2, -0.15) is 5.10 Å². The zero-order valence-electron chi connectivity index (χ0n) is 18.8. The summed E-state index contributed by atoms with van der Waals surface area (Å²) < 4.78 is 27.8. The Hall–Kier alpha value is -3.08. The maximum Gasteiger partial charge on any atom is 0.252 e. The quantitative estimate of drug-likeness (QED) is 0.430. The Balaban J connectivity index is 1.66. The molecule has 0 saturated heterocycles. The Kier molecular flexibility index (Phi) is 6.33. The van der Waals surface area contributed by atoms with Crippen LogP contribution in [0.1, 0.15) is 35.1 Å². The standard InChI is InChI=1S/C23H25N5O3S2/c1-15(2)28-22-19(14-25-28)18(12-20(26-22)16-8-6-5-7-9-16)23(29)24-13-17-10-11-21(32-17)33(30,31)27(3)4/h5-12,14-15H,13H2,1-4H3,(H,24,29). The molecule has 1 N–H and O–H groups in total. The number of sulfonamides is 1. The normalized spacial score (nSPS) is 12.1. The van der Waals surface area contributed by atoms with Gasteiger partial charge in [-0.05, 0) is 32.0 Å². The number of nitrogens with zero attached hydrogens (tertiary/aromatic N) is 4. The van der Waals surface area contributed by atoms with Gasteiger partial charge in [0.1, 0.15) is 4.21 Å². The summed E-state index contributed by atoms with van der Waals surface area (Å²) in [6, 6.07) is 14.8. The molecule has 8 nitrogen and oxygen atoms in total. The predicted molar refractivity (Wildman–Crippen MR) is 130 cm³/mol. The molecule has 0 radical (unpaired) electrons. The van der Waals surface area contributed by atoms with Gasteiger partial charge < -0.3 is 5.32 Å². The first kappa shape index (κ1) is 23.1. The van der Waals surface area contributed by atoms with E-state index < -0.39 is 10.0 Å². The third kappa shape index (κ3) is 4.54. The first-order chi connectivity index (χ1) is 15.7. The molecule has 0 spiro atoms. The molecule has 0 bridgehead atoms. The Morgan fingerprint density at radius 3 is 2.55 bits per heavy atom. The van der Waals surface area contributed by atoms with Crippen LogP contribution in [0.2, 0.25) is 0 Å². The van der Waals surface area contributed by atoms with Crippen molar-refractivity contribution in [1.29, 1.82) is 0 Å². The zero-order valence-corrected chi connectivity index (χ0v) is 20.4. The van der Waals surface area contributed by atoms with Crippen molar-refractivity contribution in [1.82, 2.24) is 24.4 Å². The molecule has 3 heterocycles. The van der Waals surface area contributed by atoms with Gasteiger partial charge in [0.2, 0.25) is 0 Å². The summed E-state index contributed by atoms with van der Waals surface area (Å²) in [7, 11) is -0.512. The molecular weight excluding hydrogens is 458 g/mol. The van der Waals surface area contributed by atoms with E-state index in [1.165, 1.54) is 18.4 Å². The van der Waals surface area contributed by atoms with E-state index in [9.17, 15) is 13.2 Å². The number of hydrogen-bond donors (Lipinski definition) is 1. The van der Waals surface area contributed by atoms with E-state index in [2.05, 4.69) is 10.4 Å². The van der Waals surface area contributed by atoms with Crippen molar-refractivity contribution in [3.05, 3.63) is 65.2 Å². The summed E-state index contributed by atoms with van der Waals surface area (Å²) in [5, 5.41) is 8.03. The first-order valence-corrected chi connectivity index (χ1v) is 12.7. The van der Waals surface area contributed by atoms with Gasteiger partial charge in [0.05, 0.1) is 29.4 Å². The number of rotatable bonds is 7. The molecule has 1 amide bonds. The summed E-state index contributed by atoms with van der Waals surface area (Å²) >= 11 is 1.14. The van der Waals surface area contributed by atoms with Gasteiger partial charge in [0, 0.05) is 30.6 Å². The number of hydrogen-bond acceptors (Lipinski definition) is 6. The molecule has 0 aliphatic heterocycles. The second-order valence-corrected chi connectivity index (χ2v) is 11.6. The molecule has 0 aliphatic rings. The molecule has 0 saturated carbocycles.